The Morgan fingerprint density at radius 2 is 1.80 bits per heavy atom. The van der Waals surface area contributed by atoms with Crippen LogP contribution in [0, 0.1) is 0 Å². The van der Waals surface area contributed by atoms with Crippen molar-refractivity contribution in [1.29, 1.82) is 0 Å². The van der Waals surface area contributed by atoms with Crippen molar-refractivity contribution in [3.8, 4) is 0 Å². The minimum atomic E-state index is -4.50. The van der Waals surface area contributed by atoms with Crippen LogP contribution in [0.3, 0.4) is 0 Å². The van der Waals surface area contributed by atoms with Crippen molar-refractivity contribution >= 4 is 23.2 Å². The average molecular weight is 322 g/mol. The Hall–Kier alpha value is -1.46. The molecule has 2 aromatic rings. The smallest absolute Gasteiger partial charge is 0.310 e. The highest BCUT2D eigenvalue weighted by molar-refractivity contribution is 6.35. The van der Waals surface area contributed by atoms with Crippen LogP contribution in [-0.2, 0) is 12.7 Å². The molecule has 1 aromatic carbocycles. The van der Waals surface area contributed by atoms with E-state index in [2.05, 4.69) is 0 Å². The van der Waals surface area contributed by atoms with Crippen LogP contribution in [0.1, 0.15) is 11.1 Å². The molecule has 0 aliphatic carbocycles. The normalized spacial score (nSPS) is 11.7. The quantitative estimate of drug-likeness (QED) is 0.811. The van der Waals surface area contributed by atoms with E-state index in [1.54, 1.807) is 12.1 Å². The molecule has 1 heterocycles. The lowest BCUT2D eigenvalue weighted by Crippen LogP contribution is -2.22. The molecule has 0 amide bonds. The summed E-state index contributed by atoms with van der Waals surface area (Å²) in [5.74, 6) is 0. The van der Waals surface area contributed by atoms with Gasteiger partial charge in [-0.25, -0.2) is 0 Å². The van der Waals surface area contributed by atoms with Gasteiger partial charge in [0, 0.05) is 22.3 Å². The van der Waals surface area contributed by atoms with Crippen molar-refractivity contribution in [3.63, 3.8) is 0 Å². The summed E-state index contributed by atoms with van der Waals surface area (Å²) in [4.78, 5) is 11.6. The van der Waals surface area contributed by atoms with Crippen LogP contribution in [0.4, 0.5) is 13.2 Å². The SMILES string of the molecule is O=c1ccc(C(F)(F)F)cn1Cc1ccc(Cl)cc1Cl. The molecule has 1 aromatic heterocycles. The van der Waals surface area contributed by atoms with E-state index in [-0.39, 0.29) is 6.54 Å². The van der Waals surface area contributed by atoms with Crippen molar-refractivity contribution in [2.75, 3.05) is 0 Å². The molecule has 0 spiro atoms. The predicted octanol–water partition coefficient (Wildman–Crippen LogP) is 4.22. The number of benzene rings is 1. The van der Waals surface area contributed by atoms with Gasteiger partial charge in [0.05, 0.1) is 12.1 Å². The fraction of sp³-hybridized carbons (Fsp3) is 0.154. The minimum Gasteiger partial charge on any atom is -0.310 e. The van der Waals surface area contributed by atoms with Gasteiger partial charge < -0.3 is 4.57 Å². The van der Waals surface area contributed by atoms with Gasteiger partial charge in [-0.1, -0.05) is 29.3 Å². The molecular formula is C13H8Cl2F3NO. The summed E-state index contributed by atoms with van der Waals surface area (Å²) < 4.78 is 38.8. The van der Waals surface area contributed by atoms with Crippen LogP contribution in [0.15, 0.2) is 41.3 Å². The van der Waals surface area contributed by atoms with E-state index in [0.717, 1.165) is 22.9 Å². The van der Waals surface area contributed by atoms with Gasteiger partial charge in [0.1, 0.15) is 0 Å². The molecule has 0 saturated carbocycles. The van der Waals surface area contributed by atoms with Crippen LogP contribution < -0.4 is 5.56 Å². The number of hydrogen-bond donors (Lipinski definition) is 0. The van der Waals surface area contributed by atoms with Gasteiger partial charge in [-0.2, -0.15) is 13.2 Å². The van der Waals surface area contributed by atoms with Crippen LogP contribution in [0.2, 0.25) is 10.0 Å². The van der Waals surface area contributed by atoms with E-state index in [9.17, 15) is 18.0 Å². The number of pyridine rings is 1. The third-order valence-electron chi connectivity index (χ3n) is 2.67. The zero-order valence-electron chi connectivity index (χ0n) is 9.92. The Morgan fingerprint density at radius 3 is 2.40 bits per heavy atom. The zero-order valence-corrected chi connectivity index (χ0v) is 11.4. The first-order valence-electron chi connectivity index (χ1n) is 5.49. The highest BCUT2D eigenvalue weighted by Gasteiger charge is 2.31. The second kappa shape index (κ2) is 5.50. The Balaban J connectivity index is 2.40. The van der Waals surface area contributed by atoms with E-state index < -0.39 is 17.3 Å². The van der Waals surface area contributed by atoms with Crippen molar-refractivity contribution in [1.82, 2.24) is 4.57 Å². The fourth-order valence-corrected chi connectivity index (χ4v) is 2.12. The monoisotopic (exact) mass is 321 g/mol. The minimum absolute atomic E-state index is 0.0568. The van der Waals surface area contributed by atoms with E-state index in [0.29, 0.717) is 15.6 Å². The fourth-order valence-electron chi connectivity index (χ4n) is 1.66. The Labute approximate surface area is 122 Å². The molecule has 20 heavy (non-hydrogen) atoms. The molecule has 0 N–H and O–H groups in total. The van der Waals surface area contributed by atoms with Crippen LogP contribution in [0.5, 0.6) is 0 Å². The lowest BCUT2D eigenvalue weighted by molar-refractivity contribution is -0.138. The maximum Gasteiger partial charge on any atom is 0.417 e. The Kier molecular flexibility index (Phi) is 4.11. The van der Waals surface area contributed by atoms with Gasteiger partial charge in [-0.15, -0.1) is 0 Å². The maximum absolute atomic E-state index is 12.6. The summed E-state index contributed by atoms with van der Waals surface area (Å²) in [7, 11) is 0. The number of halogens is 5. The Bertz CT molecular complexity index is 695. The van der Waals surface area contributed by atoms with Crippen molar-refractivity contribution < 1.29 is 13.2 Å². The molecule has 7 heteroatoms. The topological polar surface area (TPSA) is 22.0 Å². The van der Waals surface area contributed by atoms with Crippen molar-refractivity contribution in [3.05, 3.63) is 68.1 Å². The van der Waals surface area contributed by atoms with Crippen LogP contribution in [-0.4, -0.2) is 4.57 Å². The highest BCUT2D eigenvalue weighted by atomic mass is 35.5. The maximum atomic E-state index is 12.6. The first kappa shape index (κ1) is 14.9. The summed E-state index contributed by atoms with van der Waals surface area (Å²) in [6, 6.07) is 6.23. The number of hydrogen-bond acceptors (Lipinski definition) is 1. The van der Waals surface area contributed by atoms with Gasteiger partial charge in [-0.05, 0) is 23.8 Å². The molecule has 0 radical (unpaired) electrons. The number of aromatic nitrogens is 1. The summed E-state index contributed by atoms with van der Waals surface area (Å²) in [5.41, 5.74) is -0.913. The lowest BCUT2D eigenvalue weighted by Gasteiger charge is -2.11. The first-order chi connectivity index (χ1) is 9.27. The van der Waals surface area contributed by atoms with Crippen LogP contribution in [0.25, 0.3) is 0 Å². The molecule has 106 valence electrons. The number of rotatable bonds is 2. The number of alkyl halides is 3. The van der Waals surface area contributed by atoms with E-state index in [1.165, 1.54) is 6.07 Å². The second-order valence-corrected chi connectivity index (χ2v) is 4.96. The number of nitrogens with zero attached hydrogens (tertiary/aromatic N) is 1. The molecule has 0 aliphatic rings. The molecular weight excluding hydrogens is 314 g/mol. The lowest BCUT2D eigenvalue weighted by atomic mass is 10.2. The molecule has 2 nitrogen and oxygen atoms in total. The molecule has 0 atom stereocenters. The predicted molar refractivity (Wildman–Crippen MR) is 71.3 cm³/mol. The van der Waals surface area contributed by atoms with Gasteiger partial charge in [-0.3, -0.25) is 4.79 Å². The van der Waals surface area contributed by atoms with Gasteiger partial charge in [0.2, 0.25) is 0 Å². The molecule has 2 rings (SSSR count). The second-order valence-electron chi connectivity index (χ2n) is 4.12. The highest BCUT2D eigenvalue weighted by Crippen LogP contribution is 2.28. The van der Waals surface area contributed by atoms with Crippen molar-refractivity contribution in [2.24, 2.45) is 0 Å². The first-order valence-corrected chi connectivity index (χ1v) is 6.24. The molecule has 0 fully saturated rings. The summed E-state index contributed by atoms with van der Waals surface area (Å²) >= 11 is 11.7. The zero-order chi connectivity index (χ0) is 14.9. The summed E-state index contributed by atoms with van der Waals surface area (Å²) in [6.45, 7) is -0.0568. The van der Waals surface area contributed by atoms with E-state index in [1.807, 2.05) is 0 Å². The molecule has 0 saturated heterocycles. The molecule has 0 unspecified atom stereocenters. The third kappa shape index (κ3) is 3.35. The van der Waals surface area contributed by atoms with E-state index >= 15 is 0 Å². The van der Waals surface area contributed by atoms with Gasteiger partial charge >= 0.3 is 6.18 Å². The average Bonchev–Trinajstić information content (AvgIpc) is 2.33. The van der Waals surface area contributed by atoms with Crippen LogP contribution >= 0.6 is 23.2 Å². The molecule has 0 aliphatic heterocycles. The third-order valence-corrected chi connectivity index (χ3v) is 3.25. The molecule has 0 bridgehead atoms. The van der Waals surface area contributed by atoms with Crippen molar-refractivity contribution in [2.45, 2.75) is 12.7 Å². The van der Waals surface area contributed by atoms with Gasteiger partial charge in [0.25, 0.3) is 5.56 Å². The summed E-state index contributed by atoms with van der Waals surface area (Å²) in [5, 5.41) is 0.706. The van der Waals surface area contributed by atoms with E-state index in [4.69, 9.17) is 23.2 Å². The largest absolute Gasteiger partial charge is 0.417 e. The Morgan fingerprint density at radius 1 is 1.10 bits per heavy atom. The standard InChI is InChI=1S/C13H8Cl2F3NO/c14-10-3-1-8(11(15)5-10)6-19-7-9(13(16,17)18)2-4-12(19)20/h1-5,7H,6H2. The van der Waals surface area contributed by atoms with Gasteiger partial charge in [0.15, 0.2) is 0 Å². The summed E-state index contributed by atoms with van der Waals surface area (Å²) in [6.07, 6.45) is -3.73.